The molecule has 14 heavy (non-hydrogen) atoms. The van der Waals surface area contributed by atoms with E-state index in [1.54, 1.807) is 0 Å². The van der Waals surface area contributed by atoms with E-state index >= 15 is 0 Å². The van der Waals surface area contributed by atoms with Gasteiger partial charge in [-0.2, -0.15) is 0 Å². The van der Waals surface area contributed by atoms with Gasteiger partial charge in [-0.25, -0.2) is 4.79 Å². The maximum absolute atomic E-state index is 11.3. The zero-order valence-electron chi connectivity index (χ0n) is 8.07. The molecule has 0 amide bonds. The molecule has 0 aromatic heterocycles. The molecule has 4 nitrogen and oxygen atoms in total. The Hall–Kier alpha value is -1.09. The Bertz CT molecular complexity index is 240. The lowest BCUT2D eigenvalue weighted by molar-refractivity contribution is -0.153. The van der Waals surface area contributed by atoms with Gasteiger partial charge < -0.3 is 15.2 Å². The number of carbonyl (C=O) groups excluding carboxylic acids is 1. The maximum Gasteiger partial charge on any atom is 0.327 e. The second kappa shape index (κ2) is 5.60. The predicted molar refractivity (Wildman–Crippen MR) is 51.6 cm³/mol. The summed E-state index contributed by atoms with van der Waals surface area (Å²) in [4.78, 5) is 11.3. The van der Waals surface area contributed by atoms with Gasteiger partial charge in [0.25, 0.3) is 0 Å². The summed E-state index contributed by atoms with van der Waals surface area (Å²) < 4.78 is 10.3. The summed E-state index contributed by atoms with van der Waals surface area (Å²) in [5.41, 5.74) is 7.94. The highest BCUT2D eigenvalue weighted by molar-refractivity contribution is 5.77. The molecule has 0 radical (unpaired) electrons. The van der Waals surface area contributed by atoms with Crippen LogP contribution >= 0.6 is 0 Å². The van der Waals surface area contributed by atoms with E-state index in [0.29, 0.717) is 13.2 Å². The van der Waals surface area contributed by atoms with Crippen LogP contribution in [0.3, 0.4) is 0 Å². The van der Waals surface area contributed by atoms with Gasteiger partial charge in [0.2, 0.25) is 0 Å². The van der Waals surface area contributed by atoms with Gasteiger partial charge in [0.05, 0.1) is 13.2 Å². The summed E-state index contributed by atoms with van der Waals surface area (Å²) >= 11 is 0. The lowest BCUT2D eigenvalue weighted by Gasteiger charge is -2.22. The zero-order chi connectivity index (χ0) is 10.4. The molecule has 0 spiro atoms. The molecular weight excluding hydrogens is 182 g/mol. The molecule has 4 heteroatoms. The van der Waals surface area contributed by atoms with Crippen LogP contribution in [0.4, 0.5) is 0 Å². The average molecular weight is 197 g/mol. The Balaban J connectivity index is 2.34. The van der Waals surface area contributed by atoms with Crippen LogP contribution in [0.1, 0.15) is 12.8 Å². The van der Waals surface area contributed by atoms with Crippen molar-refractivity contribution >= 4 is 5.97 Å². The number of rotatable bonds is 3. The van der Waals surface area contributed by atoms with Gasteiger partial charge in [-0.15, -0.1) is 5.73 Å². The summed E-state index contributed by atoms with van der Waals surface area (Å²) in [5, 5.41) is 0. The van der Waals surface area contributed by atoms with Crippen molar-refractivity contribution in [2.45, 2.75) is 25.0 Å². The Morgan fingerprint density at radius 1 is 1.64 bits per heavy atom. The van der Waals surface area contributed by atoms with Crippen LogP contribution in [0.2, 0.25) is 0 Å². The summed E-state index contributed by atoms with van der Waals surface area (Å²) in [5.74, 6) is -0.423. The van der Waals surface area contributed by atoms with E-state index in [1.807, 2.05) is 0 Å². The predicted octanol–water partition coefficient (Wildman–Crippen LogP) is 0.377. The fourth-order valence-corrected chi connectivity index (χ4v) is 1.23. The van der Waals surface area contributed by atoms with Gasteiger partial charge in [-0.05, 0) is 6.08 Å². The quantitative estimate of drug-likeness (QED) is 0.524. The van der Waals surface area contributed by atoms with Crippen molar-refractivity contribution < 1.29 is 14.3 Å². The fourth-order valence-electron chi connectivity index (χ4n) is 1.23. The first-order chi connectivity index (χ1) is 6.74. The highest BCUT2D eigenvalue weighted by atomic mass is 16.6. The molecule has 78 valence electrons. The summed E-state index contributed by atoms with van der Waals surface area (Å²) in [6.45, 7) is 4.63. The Morgan fingerprint density at radius 2 is 2.29 bits per heavy atom. The van der Waals surface area contributed by atoms with Crippen molar-refractivity contribution in [3.63, 3.8) is 0 Å². The van der Waals surface area contributed by atoms with E-state index in [4.69, 9.17) is 15.2 Å². The second-order valence-corrected chi connectivity index (χ2v) is 3.15. The number of ether oxygens (including phenoxy) is 2. The molecule has 1 heterocycles. The lowest BCUT2D eigenvalue weighted by atomic mass is 10.1. The first kappa shape index (κ1) is 11.0. The average Bonchev–Trinajstić information content (AvgIpc) is 2.19. The van der Waals surface area contributed by atoms with Gasteiger partial charge in [-0.1, -0.05) is 6.58 Å². The molecule has 1 aliphatic heterocycles. The van der Waals surface area contributed by atoms with E-state index in [0.717, 1.165) is 12.8 Å². The maximum atomic E-state index is 11.3. The number of esters is 1. The third-order valence-electron chi connectivity index (χ3n) is 2.02. The van der Waals surface area contributed by atoms with Crippen molar-refractivity contribution in [2.24, 2.45) is 5.73 Å². The largest absolute Gasteiger partial charge is 0.461 e. The van der Waals surface area contributed by atoms with Crippen molar-refractivity contribution in [2.75, 3.05) is 13.2 Å². The molecular formula is C10H15NO3. The minimum absolute atomic E-state index is 0.0551. The smallest absolute Gasteiger partial charge is 0.327 e. The number of hydrogen-bond acceptors (Lipinski definition) is 4. The van der Waals surface area contributed by atoms with Crippen molar-refractivity contribution in [3.8, 4) is 0 Å². The number of nitrogens with two attached hydrogens (primary N) is 1. The zero-order valence-corrected chi connectivity index (χ0v) is 8.07. The molecule has 1 fully saturated rings. The summed E-state index contributed by atoms with van der Waals surface area (Å²) in [7, 11) is 0. The molecule has 0 unspecified atom stereocenters. The van der Waals surface area contributed by atoms with Crippen LogP contribution in [-0.4, -0.2) is 31.3 Å². The first-order valence-electron chi connectivity index (χ1n) is 4.64. The highest BCUT2D eigenvalue weighted by Gasteiger charge is 2.20. The number of carbonyl (C=O) groups is 1. The van der Waals surface area contributed by atoms with Gasteiger partial charge >= 0.3 is 5.97 Å². The topological polar surface area (TPSA) is 61.6 Å². The van der Waals surface area contributed by atoms with E-state index < -0.39 is 12.0 Å². The molecule has 0 bridgehead atoms. The van der Waals surface area contributed by atoms with Gasteiger partial charge in [0, 0.05) is 12.8 Å². The van der Waals surface area contributed by atoms with E-state index in [1.165, 1.54) is 6.08 Å². The molecule has 0 aliphatic carbocycles. The highest BCUT2D eigenvalue weighted by Crippen LogP contribution is 2.11. The summed E-state index contributed by atoms with van der Waals surface area (Å²) in [6, 6.07) is -0.754. The Kier molecular flexibility index (Phi) is 4.40. The van der Waals surface area contributed by atoms with Gasteiger partial charge in [0.15, 0.2) is 0 Å². The standard InChI is InChI=1S/C10H15NO3/c1-2-3-9(11)10(12)14-8-4-6-13-7-5-8/h3,8-9H,1,4-7,11H2/t9-/m0/s1. The van der Waals surface area contributed by atoms with Crippen molar-refractivity contribution in [3.05, 3.63) is 18.4 Å². The SMILES string of the molecule is C=C=C[C@H](N)C(=O)OC1CCOCC1. The molecule has 0 saturated carbocycles. The molecule has 1 saturated heterocycles. The van der Waals surface area contributed by atoms with Crippen LogP contribution in [0, 0.1) is 0 Å². The Morgan fingerprint density at radius 3 is 2.86 bits per heavy atom. The van der Waals surface area contributed by atoms with E-state index in [9.17, 15) is 4.79 Å². The third kappa shape index (κ3) is 3.34. The van der Waals surface area contributed by atoms with Crippen LogP contribution in [0.15, 0.2) is 18.4 Å². The number of hydrogen-bond donors (Lipinski definition) is 1. The molecule has 0 aromatic carbocycles. The van der Waals surface area contributed by atoms with Gasteiger partial charge in [-0.3, -0.25) is 0 Å². The van der Waals surface area contributed by atoms with Crippen LogP contribution < -0.4 is 5.73 Å². The lowest BCUT2D eigenvalue weighted by Crippen LogP contribution is -2.35. The normalized spacial score (nSPS) is 19.5. The minimum atomic E-state index is -0.754. The molecule has 1 rings (SSSR count). The van der Waals surface area contributed by atoms with E-state index in [2.05, 4.69) is 12.3 Å². The minimum Gasteiger partial charge on any atom is -0.461 e. The van der Waals surface area contributed by atoms with Gasteiger partial charge in [0.1, 0.15) is 12.1 Å². The summed E-state index contributed by atoms with van der Waals surface area (Å²) in [6.07, 6.45) is 2.83. The second-order valence-electron chi connectivity index (χ2n) is 3.15. The first-order valence-corrected chi connectivity index (χ1v) is 4.64. The van der Waals surface area contributed by atoms with E-state index in [-0.39, 0.29) is 6.10 Å². The fraction of sp³-hybridized carbons (Fsp3) is 0.600. The van der Waals surface area contributed by atoms with Crippen LogP contribution in [-0.2, 0) is 14.3 Å². The molecule has 1 atom stereocenters. The van der Waals surface area contributed by atoms with Crippen LogP contribution in [0.5, 0.6) is 0 Å². The molecule has 1 aliphatic rings. The molecule has 0 aromatic rings. The van der Waals surface area contributed by atoms with Crippen molar-refractivity contribution in [1.82, 2.24) is 0 Å². The Labute approximate surface area is 83.4 Å². The van der Waals surface area contributed by atoms with Crippen LogP contribution in [0.25, 0.3) is 0 Å². The monoisotopic (exact) mass is 197 g/mol. The molecule has 2 N–H and O–H groups in total. The van der Waals surface area contributed by atoms with Crippen molar-refractivity contribution in [1.29, 1.82) is 0 Å². The third-order valence-corrected chi connectivity index (χ3v) is 2.02.